The Bertz CT molecular complexity index is 597. The van der Waals surface area contributed by atoms with E-state index in [4.69, 9.17) is 4.74 Å². The van der Waals surface area contributed by atoms with E-state index in [9.17, 15) is 0 Å². The van der Waals surface area contributed by atoms with E-state index in [1.807, 2.05) is 19.2 Å². The van der Waals surface area contributed by atoms with Gasteiger partial charge >= 0.3 is 0 Å². The predicted molar refractivity (Wildman–Crippen MR) is 80.5 cm³/mol. The first-order chi connectivity index (χ1) is 10.3. The van der Waals surface area contributed by atoms with Gasteiger partial charge in [0.05, 0.1) is 6.61 Å². The van der Waals surface area contributed by atoms with Gasteiger partial charge in [-0.25, -0.2) is 15.0 Å². The van der Waals surface area contributed by atoms with Crippen molar-refractivity contribution in [2.75, 3.05) is 25.1 Å². The van der Waals surface area contributed by atoms with Crippen molar-refractivity contribution >= 4 is 5.82 Å². The van der Waals surface area contributed by atoms with Crippen LogP contribution in [0.1, 0.15) is 19.2 Å². The van der Waals surface area contributed by atoms with Crippen LogP contribution >= 0.6 is 0 Å². The summed E-state index contributed by atoms with van der Waals surface area (Å²) in [5, 5.41) is 0. The van der Waals surface area contributed by atoms with Gasteiger partial charge in [0.2, 0.25) is 5.88 Å². The summed E-state index contributed by atoms with van der Waals surface area (Å²) in [6.45, 7) is 4.58. The number of aryl methyl sites for hydroxylation is 1. The monoisotopic (exact) mass is 287 g/mol. The maximum atomic E-state index is 5.43. The summed E-state index contributed by atoms with van der Waals surface area (Å²) in [6.07, 6.45) is 7.75. The highest BCUT2D eigenvalue weighted by Gasteiger charge is 2.20. The molecule has 6 nitrogen and oxygen atoms in total. The van der Waals surface area contributed by atoms with E-state index in [0.717, 1.165) is 25.3 Å². The molecular weight excluding hydrogens is 266 g/mol. The summed E-state index contributed by atoms with van der Waals surface area (Å²) < 4.78 is 7.69. The lowest BCUT2D eigenvalue weighted by atomic mass is 9.99. The van der Waals surface area contributed by atoms with Crippen LogP contribution in [0.3, 0.4) is 0 Å². The van der Waals surface area contributed by atoms with Crippen LogP contribution in [0.4, 0.5) is 5.82 Å². The molecule has 0 N–H and O–H groups in total. The van der Waals surface area contributed by atoms with Crippen molar-refractivity contribution in [1.29, 1.82) is 0 Å². The van der Waals surface area contributed by atoms with Gasteiger partial charge in [-0.2, -0.15) is 0 Å². The number of aromatic nitrogens is 4. The molecule has 112 valence electrons. The summed E-state index contributed by atoms with van der Waals surface area (Å²) in [6, 6.07) is 1.90. The van der Waals surface area contributed by atoms with E-state index in [0.29, 0.717) is 18.4 Å². The Kier molecular flexibility index (Phi) is 4.03. The van der Waals surface area contributed by atoms with Crippen LogP contribution in [-0.4, -0.2) is 39.7 Å². The fraction of sp³-hybridized carbons (Fsp3) is 0.533. The Morgan fingerprint density at radius 3 is 3.14 bits per heavy atom. The van der Waals surface area contributed by atoms with Crippen molar-refractivity contribution in [1.82, 2.24) is 19.5 Å². The molecule has 1 atom stereocenters. The maximum absolute atomic E-state index is 5.43. The van der Waals surface area contributed by atoms with Gasteiger partial charge in [0.1, 0.15) is 18.0 Å². The number of hydrogen-bond donors (Lipinski definition) is 0. The number of hydrogen-bond acceptors (Lipinski definition) is 5. The third-order valence-electron chi connectivity index (χ3n) is 3.88. The molecule has 3 rings (SSSR count). The third-order valence-corrected chi connectivity index (χ3v) is 3.88. The Labute approximate surface area is 124 Å². The fourth-order valence-electron chi connectivity index (χ4n) is 2.83. The molecule has 6 heteroatoms. The highest BCUT2D eigenvalue weighted by Crippen LogP contribution is 2.22. The standard InChI is InChI=1S/C15H21N5O/c1-3-21-15-8-14(17-11-18-15)19(2)9-12-4-5-13-16-6-7-20(13)10-12/h6-8,11-12H,3-5,9-10H2,1-2H3/t12-/m1/s1. The first-order valence-electron chi connectivity index (χ1n) is 7.42. The van der Waals surface area contributed by atoms with E-state index in [-0.39, 0.29) is 0 Å². The minimum Gasteiger partial charge on any atom is -0.478 e. The van der Waals surface area contributed by atoms with Crippen LogP contribution < -0.4 is 9.64 Å². The minimum absolute atomic E-state index is 0.613. The molecule has 3 heterocycles. The number of fused-ring (bicyclic) bond motifs is 1. The largest absolute Gasteiger partial charge is 0.478 e. The first-order valence-corrected chi connectivity index (χ1v) is 7.42. The highest BCUT2D eigenvalue weighted by atomic mass is 16.5. The summed E-state index contributed by atoms with van der Waals surface area (Å²) >= 11 is 0. The van der Waals surface area contributed by atoms with E-state index in [2.05, 4.69) is 37.7 Å². The lowest BCUT2D eigenvalue weighted by Crippen LogP contribution is -2.32. The van der Waals surface area contributed by atoms with Crippen LogP contribution in [0.2, 0.25) is 0 Å². The zero-order valence-electron chi connectivity index (χ0n) is 12.6. The van der Waals surface area contributed by atoms with Crippen LogP contribution in [0.25, 0.3) is 0 Å². The molecule has 2 aromatic heterocycles. The molecule has 0 saturated carbocycles. The first kappa shape index (κ1) is 13.9. The van der Waals surface area contributed by atoms with Gasteiger partial charge < -0.3 is 14.2 Å². The van der Waals surface area contributed by atoms with Crippen LogP contribution in [-0.2, 0) is 13.0 Å². The molecule has 2 aromatic rings. The van der Waals surface area contributed by atoms with Gasteiger partial charge in [-0.3, -0.25) is 0 Å². The topological polar surface area (TPSA) is 56.1 Å². The van der Waals surface area contributed by atoms with Crippen molar-refractivity contribution < 1.29 is 4.74 Å². The van der Waals surface area contributed by atoms with E-state index < -0.39 is 0 Å². The minimum atomic E-state index is 0.613. The molecule has 1 aliphatic heterocycles. The van der Waals surface area contributed by atoms with E-state index in [1.165, 1.54) is 12.2 Å². The molecule has 0 bridgehead atoms. The second-order valence-corrected chi connectivity index (χ2v) is 5.43. The van der Waals surface area contributed by atoms with Gasteiger partial charge in [-0.1, -0.05) is 0 Å². The van der Waals surface area contributed by atoms with Crippen molar-refractivity contribution in [2.24, 2.45) is 5.92 Å². The zero-order chi connectivity index (χ0) is 14.7. The Balaban J connectivity index is 1.64. The van der Waals surface area contributed by atoms with Crippen LogP contribution in [0.5, 0.6) is 5.88 Å². The fourth-order valence-corrected chi connectivity index (χ4v) is 2.83. The average molecular weight is 287 g/mol. The van der Waals surface area contributed by atoms with Gasteiger partial charge in [0.15, 0.2) is 0 Å². The maximum Gasteiger partial charge on any atom is 0.218 e. The molecule has 0 aromatic carbocycles. The molecule has 0 saturated heterocycles. The van der Waals surface area contributed by atoms with Crippen molar-refractivity contribution in [3.05, 3.63) is 30.6 Å². The molecule has 0 amide bonds. The van der Waals surface area contributed by atoms with Crippen LogP contribution in [0, 0.1) is 5.92 Å². The summed E-state index contributed by atoms with van der Waals surface area (Å²) in [4.78, 5) is 15.0. The van der Waals surface area contributed by atoms with Crippen molar-refractivity contribution in [3.63, 3.8) is 0 Å². The average Bonchev–Trinajstić information content (AvgIpc) is 2.95. The summed E-state index contributed by atoms with van der Waals surface area (Å²) in [7, 11) is 2.07. The molecule has 1 aliphatic rings. The third kappa shape index (κ3) is 3.15. The van der Waals surface area contributed by atoms with E-state index >= 15 is 0 Å². The second kappa shape index (κ2) is 6.11. The molecule has 0 aliphatic carbocycles. The Morgan fingerprint density at radius 1 is 1.38 bits per heavy atom. The van der Waals surface area contributed by atoms with Gasteiger partial charge in [-0.05, 0) is 19.3 Å². The Morgan fingerprint density at radius 2 is 2.29 bits per heavy atom. The number of anilines is 1. The lowest BCUT2D eigenvalue weighted by molar-refractivity contribution is 0.326. The smallest absolute Gasteiger partial charge is 0.218 e. The summed E-state index contributed by atoms with van der Waals surface area (Å²) in [5.74, 6) is 3.36. The zero-order valence-corrected chi connectivity index (χ0v) is 12.6. The number of nitrogens with zero attached hydrogens (tertiary/aromatic N) is 5. The molecular formula is C15H21N5O. The van der Waals surface area contributed by atoms with Gasteiger partial charge in [0.25, 0.3) is 0 Å². The number of rotatable bonds is 5. The Hall–Kier alpha value is -2.11. The SMILES string of the molecule is CCOc1cc(N(C)C[C@H]2CCc3nccn3C2)ncn1. The lowest BCUT2D eigenvalue weighted by Gasteiger charge is -2.28. The number of imidazole rings is 1. The quantitative estimate of drug-likeness (QED) is 0.839. The van der Waals surface area contributed by atoms with Gasteiger partial charge in [0, 0.05) is 45.0 Å². The van der Waals surface area contributed by atoms with Crippen molar-refractivity contribution in [2.45, 2.75) is 26.3 Å². The molecule has 21 heavy (non-hydrogen) atoms. The molecule has 0 spiro atoms. The highest BCUT2D eigenvalue weighted by molar-refractivity contribution is 5.39. The van der Waals surface area contributed by atoms with Crippen molar-refractivity contribution in [3.8, 4) is 5.88 Å². The molecule has 0 unspecified atom stereocenters. The summed E-state index contributed by atoms with van der Waals surface area (Å²) in [5.41, 5.74) is 0. The second-order valence-electron chi connectivity index (χ2n) is 5.43. The molecule has 0 fully saturated rings. The normalized spacial score (nSPS) is 17.3. The van der Waals surface area contributed by atoms with Gasteiger partial charge in [-0.15, -0.1) is 0 Å². The predicted octanol–water partition coefficient (Wildman–Crippen LogP) is 1.77. The molecule has 0 radical (unpaired) electrons. The number of ether oxygens (including phenoxy) is 1. The van der Waals surface area contributed by atoms with E-state index in [1.54, 1.807) is 6.33 Å². The van der Waals surface area contributed by atoms with Crippen LogP contribution in [0.15, 0.2) is 24.8 Å².